The van der Waals surface area contributed by atoms with Crippen LogP contribution in [0.4, 0.5) is 5.82 Å². The van der Waals surface area contributed by atoms with Crippen LogP contribution in [-0.4, -0.2) is 17.1 Å². The number of anilines is 1. The van der Waals surface area contributed by atoms with Gasteiger partial charge in [0.05, 0.1) is 18.3 Å². The lowest BCUT2D eigenvalue weighted by atomic mass is 10.0. The first kappa shape index (κ1) is 9.21. The first-order chi connectivity index (χ1) is 6.54. The van der Waals surface area contributed by atoms with Gasteiger partial charge in [0.25, 0.3) is 0 Å². The van der Waals surface area contributed by atoms with Gasteiger partial charge in [-0.1, -0.05) is 0 Å². The second kappa shape index (κ2) is 2.81. The van der Waals surface area contributed by atoms with E-state index in [4.69, 9.17) is 10.5 Å². The molecule has 0 saturated carbocycles. The van der Waals surface area contributed by atoms with Crippen molar-refractivity contribution < 1.29 is 4.74 Å². The monoisotopic (exact) mass is 194 g/mol. The first-order valence-corrected chi connectivity index (χ1v) is 4.50. The highest BCUT2D eigenvalue weighted by Gasteiger charge is 2.33. The molecule has 0 bridgehead atoms. The molecular weight excluding hydrogens is 180 g/mol. The maximum absolute atomic E-state index is 5.80. The second-order valence-corrected chi connectivity index (χ2v) is 3.90. The molecule has 5 heteroatoms. The van der Waals surface area contributed by atoms with Gasteiger partial charge in [-0.05, 0) is 13.8 Å². The molecule has 0 fully saturated rings. The number of nitrogens with one attached hydrogen (secondary N) is 1. The Balaban J connectivity index is 2.59. The van der Waals surface area contributed by atoms with Gasteiger partial charge in [0.2, 0.25) is 0 Å². The summed E-state index contributed by atoms with van der Waals surface area (Å²) in [5.41, 5.74) is 7.56. The van der Waals surface area contributed by atoms with Crippen LogP contribution in [0.25, 0.3) is 0 Å². The lowest BCUT2D eigenvalue weighted by Gasteiger charge is -2.18. The van der Waals surface area contributed by atoms with E-state index in [1.807, 2.05) is 0 Å². The third kappa shape index (κ3) is 1.21. The predicted octanol–water partition coefficient (Wildman–Crippen LogP) is 0.406. The Labute approximate surface area is 82.7 Å². The van der Waals surface area contributed by atoms with Crippen LogP contribution in [0.15, 0.2) is 0 Å². The van der Waals surface area contributed by atoms with Gasteiger partial charge >= 0.3 is 6.01 Å². The number of hydrogen-bond donors (Lipinski definition) is 2. The largest absolute Gasteiger partial charge is 0.467 e. The van der Waals surface area contributed by atoms with Gasteiger partial charge in [-0.15, -0.1) is 0 Å². The second-order valence-electron chi connectivity index (χ2n) is 3.90. The van der Waals surface area contributed by atoms with Crippen molar-refractivity contribution in [1.82, 2.24) is 15.3 Å². The number of rotatable bonds is 1. The standard InChI is InChI=1S/C9H14N4O/c1-9(2)6-5(4-11-9)7(10)13-8(12-6)14-3/h11H,4H2,1-3H3,(H2,10,12,13). The summed E-state index contributed by atoms with van der Waals surface area (Å²) in [4.78, 5) is 8.34. The van der Waals surface area contributed by atoms with Gasteiger partial charge in [0, 0.05) is 12.1 Å². The van der Waals surface area contributed by atoms with E-state index in [-0.39, 0.29) is 5.54 Å². The highest BCUT2D eigenvalue weighted by atomic mass is 16.5. The molecule has 0 atom stereocenters. The van der Waals surface area contributed by atoms with E-state index in [0.717, 1.165) is 17.8 Å². The molecule has 1 aliphatic rings. The molecular formula is C9H14N4O. The quantitative estimate of drug-likeness (QED) is 0.677. The van der Waals surface area contributed by atoms with E-state index in [1.54, 1.807) is 0 Å². The molecule has 0 unspecified atom stereocenters. The smallest absolute Gasteiger partial charge is 0.318 e. The molecule has 5 nitrogen and oxygen atoms in total. The van der Waals surface area contributed by atoms with Crippen LogP contribution < -0.4 is 15.8 Å². The van der Waals surface area contributed by atoms with E-state index in [9.17, 15) is 0 Å². The Morgan fingerprint density at radius 2 is 2.14 bits per heavy atom. The van der Waals surface area contributed by atoms with Crippen molar-refractivity contribution in [1.29, 1.82) is 0 Å². The summed E-state index contributed by atoms with van der Waals surface area (Å²) in [7, 11) is 1.54. The van der Waals surface area contributed by atoms with Crippen molar-refractivity contribution in [3.63, 3.8) is 0 Å². The number of methoxy groups -OCH3 is 1. The molecule has 0 saturated heterocycles. The fourth-order valence-electron chi connectivity index (χ4n) is 1.66. The summed E-state index contributed by atoms with van der Waals surface area (Å²) >= 11 is 0. The van der Waals surface area contributed by atoms with Crippen LogP contribution in [0.1, 0.15) is 25.1 Å². The van der Waals surface area contributed by atoms with Crippen molar-refractivity contribution in [2.45, 2.75) is 25.9 Å². The Bertz CT molecular complexity index is 375. The van der Waals surface area contributed by atoms with Crippen molar-refractivity contribution in [2.75, 3.05) is 12.8 Å². The fourth-order valence-corrected chi connectivity index (χ4v) is 1.66. The van der Waals surface area contributed by atoms with Crippen molar-refractivity contribution in [3.8, 4) is 6.01 Å². The summed E-state index contributed by atoms with van der Waals surface area (Å²) in [6, 6.07) is 0.332. The SMILES string of the molecule is COc1nc(N)c2c(n1)C(C)(C)NC2. The molecule has 1 aliphatic heterocycles. The number of ether oxygens (including phenoxy) is 1. The van der Waals surface area contributed by atoms with Gasteiger partial charge in [-0.25, -0.2) is 0 Å². The summed E-state index contributed by atoms with van der Waals surface area (Å²) < 4.78 is 4.98. The topological polar surface area (TPSA) is 73.1 Å². The summed E-state index contributed by atoms with van der Waals surface area (Å²) in [6.07, 6.45) is 0. The molecule has 1 aromatic rings. The lowest BCUT2D eigenvalue weighted by molar-refractivity contribution is 0.370. The fraction of sp³-hybridized carbons (Fsp3) is 0.556. The van der Waals surface area contributed by atoms with Crippen LogP contribution >= 0.6 is 0 Å². The maximum atomic E-state index is 5.80. The van der Waals surface area contributed by atoms with Crippen LogP contribution in [-0.2, 0) is 12.1 Å². The number of nitrogen functional groups attached to an aromatic ring is 1. The zero-order valence-corrected chi connectivity index (χ0v) is 8.59. The average Bonchev–Trinajstić information content (AvgIpc) is 2.43. The predicted molar refractivity (Wildman–Crippen MR) is 52.9 cm³/mol. The Morgan fingerprint density at radius 3 is 2.79 bits per heavy atom. The van der Waals surface area contributed by atoms with Crippen molar-refractivity contribution in [2.24, 2.45) is 0 Å². The van der Waals surface area contributed by atoms with Gasteiger partial charge < -0.3 is 15.8 Å². The minimum Gasteiger partial charge on any atom is -0.467 e. The van der Waals surface area contributed by atoms with Crippen molar-refractivity contribution >= 4 is 5.82 Å². The molecule has 0 spiro atoms. The van der Waals surface area contributed by atoms with E-state index in [1.165, 1.54) is 7.11 Å². The van der Waals surface area contributed by atoms with Gasteiger partial charge in [-0.3, -0.25) is 0 Å². The number of fused-ring (bicyclic) bond motifs is 1. The van der Waals surface area contributed by atoms with Crippen molar-refractivity contribution in [3.05, 3.63) is 11.3 Å². The number of nitrogens with two attached hydrogens (primary N) is 1. The number of nitrogens with zero attached hydrogens (tertiary/aromatic N) is 2. The summed E-state index contributed by atoms with van der Waals surface area (Å²) in [6.45, 7) is 4.84. The minimum absolute atomic E-state index is 0.153. The molecule has 2 rings (SSSR count). The third-order valence-electron chi connectivity index (χ3n) is 2.50. The molecule has 1 aromatic heterocycles. The van der Waals surface area contributed by atoms with Gasteiger partial charge in [0.15, 0.2) is 0 Å². The number of hydrogen-bond acceptors (Lipinski definition) is 5. The molecule has 3 N–H and O–H groups in total. The summed E-state index contributed by atoms with van der Waals surface area (Å²) in [5, 5.41) is 3.32. The van der Waals surface area contributed by atoms with Gasteiger partial charge in [-0.2, -0.15) is 9.97 Å². The van der Waals surface area contributed by atoms with Crippen LogP contribution in [0.5, 0.6) is 6.01 Å². The molecule has 0 aromatic carbocycles. The minimum atomic E-state index is -0.153. The highest BCUT2D eigenvalue weighted by Crippen LogP contribution is 2.32. The highest BCUT2D eigenvalue weighted by molar-refractivity contribution is 5.48. The Hall–Kier alpha value is -1.36. The van der Waals surface area contributed by atoms with E-state index in [2.05, 4.69) is 29.1 Å². The Morgan fingerprint density at radius 1 is 1.43 bits per heavy atom. The molecule has 0 aliphatic carbocycles. The van der Waals surface area contributed by atoms with E-state index in [0.29, 0.717) is 11.8 Å². The average molecular weight is 194 g/mol. The zero-order valence-electron chi connectivity index (χ0n) is 8.59. The molecule has 2 heterocycles. The maximum Gasteiger partial charge on any atom is 0.318 e. The molecule has 0 radical (unpaired) electrons. The van der Waals surface area contributed by atoms with Crippen LogP contribution in [0, 0.1) is 0 Å². The van der Waals surface area contributed by atoms with E-state index < -0.39 is 0 Å². The third-order valence-corrected chi connectivity index (χ3v) is 2.50. The normalized spacial score (nSPS) is 17.9. The van der Waals surface area contributed by atoms with Gasteiger partial charge in [0.1, 0.15) is 5.82 Å². The lowest BCUT2D eigenvalue weighted by Crippen LogP contribution is -2.29. The molecule has 76 valence electrons. The first-order valence-electron chi connectivity index (χ1n) is 4.50. The number of aromatic nitrogens is 2. The van der Waals surface area contributed by atoms with Crippen LogP contribution in [0.2, 0.25) is 0 Å². The Kier molecular flexibility index (Phi) is 1.85. The summed E-state index contributed by atoms with van der Waals surface area (Å²) in [5.74, 6) is 0.505. The van der Waals surface area contributed by atoms with Crippen LogP contribution in [0.3, 0.4) is 0 Å². The molecule has 14 heavy (non-hydrogen) atoms. The van der Waals surface area contributed by atoms with E-state index >= 15 is 0 Å². The molecule has 0 amide bonds. The zero-order chi connectivity index (χ0) is 10.3.